The Balaban J connectivity index is 1.00. The second-order valence-corrected chi connectivity index (χ2v) is 10.5. The summed E-state index contributed by atoms with van der Waals surface area (Å²) in [5.74, 6) is 1.49. The molecule has 0 spiro atoms. The van der Waals surface area contributed by atoms with E-state index in [1.165, 1.54) is 57.7 Å². The number of anilines is 2. The Labute approximate surface area is 200 Å². The number of carbonyl (C=O) groups is 1. The average molecular weight is 461 g/mol. The van der Waals surface area contributed by atoms with E-state index in [2.05, 4.69) is 51.1 Å². The maximum atomic E-state index is 12.3. The van der Waals surface area contributed by atoms with Gasteiger partial charge in [0.2, 0.25) is 5.91 Å². The first-order valence-electron chi connectivity index (χ1n) is 12.5. The number of unbranched alkanes of at least 4 members (excludes halogenated alkanes) is 1. The van der Waals surface area contributed by atoms with E-state index in [0.29, 0.717) is 12.3 Å². The Kier molecular flexibility index (Phi) is 5.80. The van der Waals surface area contributed by atoms with E-state index in [9.17, 15) is 4.79 Å². The van der Waals surface area contributed by atoms with E-state index >= 15 is 0 Å². The molecule has 0 unspecified atom stereocenters. The highest BCUT2D eigenvalue weighted by molar-refractivity contribution is 7.13. The van der Waals surface area contributed by atoms with Gasteiger partial charge in [-0.05, 0) is 85.4 Å². The minimum absolute atomic E-state index is 0.319. The molecule has 6 rings (SSSR count). The third-order valence-electron chi connectivity index (χ3n) is 7.55. The first-order chi connectivity index (χ1) is 16.3. The van der Waals surface area contributed by atoms with Crippen molar-refractivity contribution in [3.05, 3.63) is 53.1 Å². The van der Waals surface area contributed by atoms with Crippen molar-refractivity contribution in [3.63, 3.8) is 0 Å². The van der Waals surface area contributed by atoms with Gasteiger partial charge in [0.25, 0.3) is 0 Å². The highest BCUT2D eigenvalue weighted by Crippen LogP contribution is 2.37. The Hall–Kier alpha value is -2.44. The number of aryl methyl sites for hydroxylation is 3. The number of hydrogen-bond acceptors (Lipinski definition) is 5. The molecule has 0 radical (unpaired) electrons. The van der Waals surface area contributed by atoms with Crippen LogP contribution < -0.4 is 9.80 Å². The lowest BCUT2D eigenvalue weighted by atomic mass is 9.89. The second-order valence-electron chi connectivity index (χ2n) is 9.70. The molecule has 0 aliphatic carbocycles. The normalized spacial score (nSPS) is 18.7. The molecule has 3 aliphatic rings. The zero-order valence-corrected chi connectivity index (χ0v) is 20.1. The van der Waals surface area contributed by atoms with Crippen LogP contribution in [-0.4, -0.2) is 54.4 Å². The van der Waals surface area contributed by atoms with E-state index < -0.39 is 0 Å². The number of benzene rings is 2. The van der Waals surface area contributed by atoms with Crippen molar-refractivity contribution >= 4 is 39.0 Å². The minimum Gasteiger partial charge on any atom is -0.353 e. The van der Waals surface area contributed by atoms with Crippen LogP contribution in [-0.2, 0) is 24.1 Å². The van der Waals surface area contributed by atoms with Gasteiger partial charge < -0.3 is 9.80 Å². The number of hydrogen-bond donors (Lipinski definition) is 0. The molecular formula is C27H32N4OS. The predicted molar refractivity (Wildman–Crippen MR) is 137 cm³/mol. The molecule has 172 valence electrons. The first-order valence-corrected chi connectivity index (χ1v) is 13.3. The molecule has 0 N–H and O–H groups in total. The highest BCUT2D eigenvalue weighted by atomic mass is 32.1. The van der Waals surface area contributed by atoms with E-state index in [-0.39, 0.29) is 0 Å². The third kappa shape index (κ3) is 4.15. The standard InChI is InChI=1S/C27H32N4OS/c32-25-11-10-22-19-20(18-21-7-5-13-31(25)26(21)22)6-3-4-12-29-14-16-30(17-15-29)27-23-8-1-2-9-24(23)33-28-27/h1-2,8-9,18-19H,3-7,10-17H2. The van der Waals surface area contributed by atoms with Crippen molar-refractivity contribution in [1.82, 2.24) is 9.27 Å². The largest absolute Gasteiger partial charge is 0.353 e. The summed E-state index contributed by atoms with van der Waals surface area (Å²) in [5.41, 5.74) is 5.55. The van der Waals surface area contributed by atoms with Gasteiger partial charge >= 0.3 is 0 Å². The van der Waals surface area contributed by atoms with E-state index in [1.54, 1.807) is 11.5 Å². The fourth-order valence-electron chi connectivity index (χ4n) is 5.82. The van der Waals surface area contributed by atoms with Gasteiger partial charge in [0, 0.05) is 44.5 Å². The lowest BCUT2D eigenvalue weighted by Gasteiger charge is -2.35. The Morgan fingerprint density at radius 3 is 2.61 bits per heavy atom. The van der Waals surface area contributed by atoms with Crippen LogP contribution >= 0.6 is 11.5 Å². The fourth-order valence-corrected chi connectivity index (χ4v) is 6.61. The maximum absolute atomic E-state index is 12.3. The van der Waals surface area contributed by atoms with Crippen molar-refractivity contribution in [2.45, 2.75) is 44.9 Å². The summed E-state index contributed by atoms with van der Waals surface area (Å²) in [4.78, 5) is 19.4. The van der Waals surface area contributed by atoms with Crippen LogP contribution in [0.15, 0.2) is 36.4 Å². The zero-order chi connectivity index (χ0) is 22.2. The molecule has 1 fully saturated rings. The summed E-state index contributed by atoms with van der Waals surface area (Å²) in [5, 5.41) is 1.30. The summed E-state index contributed by atoms with van der Waals surface area (Å²) in [6.07, 6.45) is 7.46. The van der Waals surface area contributed by atoms with Crippen LogP contribution in [0.2, 0.25) is 0 Å². The van der Waals surface area contributed by atoms with Crippen molar-refractivity contribution in [1.29, 1.82) is 0 Å². The molecule has 6 heteroatoms. The van der Waals surface area contributed by atoms with Gasteiger partial charge in [0.15, 0.2) is 0 Å². The Morgan fingerprint density at radius 1 is 0.909 bits per heavy atom. The molecule has 33 heavy (non-hydrogen) atoms. The molecule has 5 nitrogen and oxygen atoms in total. The smallest absolute Gasteiger partial charge is 0.227 e. The summed E-state index contributed by atoms with van der Waals surface area (Å²) < 4.78 is 6.02. The van der Waals surface area contributed by atoms with Crippen LogP contribution in [0.1, 0.15) is 42.4 Å². The molecular weight excluding hydrogens is 428 g/mol. The maximum Gasteiger partial charge on any atom is 0.227 e. The zero-order valence-electron chi connectivity index (χ0n) is 19.3. The van der Waals surface area contributed by atoms with Crippen LogP contribution in [0, 0.1) is 0 Å². The SMILES string of the molecule is O=C1CCc2cc(CCCCN3CCN(c4nsc5ccccc45)CC3)cc3c2N1CCC3. The van der Waals surface area contributed by atoms with Gasteiger partial charge in [-0.25, -0.2) is 0 Å². The fraction of sp³-hybridized carbons (Fsp3) is 0.481. The Morgan fingerprint density at radius 2 is 1.73 bits per heavy atom. The van der Waals surface area contributed by atoms with E-state index in [0.717, 1.165) is 58.4 Å². The van der Waals surface area contributed by atoms with Crippen molar-refractivity contribution < 1.29 is 4.79 Å². The number of aromatic nitrogens is 1. The molecule has 1 saturated heterocycles. The van der Waals surface area contributed by atoms with Gasteiger partial charge in [0.1, 0.15) is 5.82 Å². The van der Waals surface area contributed by atoms with Crippen molar-refractivity contribution in [2.24, 2.45) is 0 Å². The molecule has 4 heterocycles. The second kappa shape index (κ2) is 9.07. The lowest BCUT2D eigenvalue weighted by molar-refractivity contribution is -0.119. The lowest BCUT2D eigenvalue weighted by Crippen LogP contribution is -2.46. The number of nitrogens with zero attached hydrogens (tertiary/aromatic N) is 4. The summed E-state index contributed by atoms with van der Waals surface area (Å²) in [6.45, 7) is 6.47. The highest BCUT2D eigenvalue weighted by Gasteiger charge is 2.29. The number of fused-ring (bicyclic) bond motifs is 1. The van der Waals surface area contributed by atoms with Gasteiger partial charge in [-0.2, -0.15) is 4.37 Å². The van der Waals surface area contributed by atoms with Crippen molar-refractivity contribution in [3.8, 4) is 0 Å². The number of piperazine rings is 1. The average Bonchev–Trinajstić information content (AvgIpc) is 3.29. The van der Waals surface area contributed by atoms with Gasteiger partial charge in [-0.3, -0.25) is 9.69 Å². The van der Waals surface area contributed by atoms with Gasteiger partial charge in [0.05, 0.1) is 10.4 Å². The molecule has 0 saturated carbocycles. The molecule has 0 atom stereocenters. The first kappa shape index (κ1) is 21.1. The quantitative estimate of drug-likeness (QED) is 0.502. The van der Waals surface area contributed by atoms with Crippen LogP contribution in [0.4, 0.5) is 11.5 Å². The summed E-state index contributed by atoms with van der Waals surface area (Å²) in [7, 11) is 0. The van der Waals surface area contributed by atoms with Crippen LogP contribution in [0.25, 0.3) is 10.1 Å². The summed E-state index contributed by atoms with van der Waals surface area (Å²) >= 11 is 1.61. The van der Waals surface area contributed by atoms with E-state index in [4.69, 9.17) is 4.37 Å². The molecule has 1 aromatic heterocycles. The van der Waals surface area contributed by atoms with Gasteiger partial charge in [-0.15, -0.1) is 0 Å². The van der Waals surface area contributed by atoms with Gasteiger partial charge in [-0.1, -0.05) is 24.3 Å². The summed E-state index contributed by atoms with van der Waals surface area (Å²) in [6, 6.07) is 13.4. The Bertz CT molecular complexity index is 1150. The van der Waals surface area contributed by atoms with Crippen molar-refractivity contribution in [2.75, 3.05) is 49.1 Å². The van der Waals surface area contributed by atoms with Crippen LogP contribution in [0.3, 0.4) is 0 Å². The molecule has 2 aromatic carbocycles. The molecule has 3 aliphatic heterocycles. The third-order valence-corrected chi connectivity index (χ3v) is 8.37. The number of amides is 1. The molecule has 3 aromatic rings. The molecule has 1 amide bonds. The minimum atomic E-state index is 0.319. The monoisotopic (exact) mass is 460 g/mol. The van der Waals surface area contributed by atoms with Crippen LogP contribution in [0.5, 0.6) is 0 Å². The predicted octanol–water partition coefficient (Wildman–Crippen LogP) is 4.67. The number of rotatable bonds is 6. The topological polar surface area (TPSA) is 39.7 Å². The van der Waals surface area contributed by atoms with E-state index in [1.807, 2.05) is 0 Å². The number of carbonyl (C=O) groups excluding carboxylic acids is 1. The molecule has 0 bridgehead atoms.